The van der Waals surface area contributed by atoms with Crippen LogP contribution in [0, 0.1) is 15.5 Å². The number of carbonyl (C=O) groups is 1. The Morgan fingerprint density at radius 1 is 0.984 bits per heavy atom. The fourth-order valence-corrected chi connectivity index (χ4v) is 10.0. The molecule has 4 aliphatic rings. The van der Waals surface area contributed by atoms with Gasteiger partial charge in [0.25, 0.3) is 21.6 Å². The lowest BCUT2D eigenvalue weighted by molar-refractivity contribution is -0.384. The first kappa shape index (κ1) is 43.2. The van der Waals surface area contributed by atoms with Gasteiger partial charge in [-0.15, -0.1) is 0 Å². The predicted octanol–water partition coefficient (Wildman–Crippen LogP) is 6.52. The molecule has 0 spiro atoms. The van der Waals surface area contributed by atoms with Gasteiger partial charge in [-0.05, 0) is 96.8 Å². The highest BCUT2D eigenvalue weighted by Gasteiger charge is 2.32. The summed E-state index contributed by atoms with van der Waals surface area (Å²) in [5.74, 6) is -0.498. The first-order valence-corrected chi connectivity index (χ1v) is 23.3. The lowest BCUT2D eigenvalue weighted by Crippen LogP contribution is -2.47. The molecule has 2 aromatic carbocycles. The number of H-pyrrole nitrogens is 1. The van der Waals surface area contributed by atoms with Crippen LogP contribution in [0.5, 0.6) is 5.88 Å². The molecule has 0 radical (unpaired) electrons. The average Bonchev–Trinajstić information content (AvgIpc) is 3.66. The van der Waals surface area contributed by atoms with Crippen molar-refractivity contribution >= 4 is 61.0 Å². The molecule has 0 bridgehead atoms. The fourth-order valence-electron chi connectivity index (χ4n) is 9.04. The van der Waals surface area contributed by atoms with Gasteiger partial charge < -0.3 is 34.3 Å². The summed E-state index contributed by atoms with van der Waals surface area (Å²) < 4.78 is 47.2. The van der Waals surface area contributed by atoms with Crippen molar-refractivity contribution in [1.82, 2.24) is 24.6 Å². The Labute approximate surface area is 372 Å². The van der Waals surface area contributed by atoms with E-state index < -0.39 is 31.4 Å². The van der Waals surface area contributed by atoms with Crippen LogP contribution in [-0.2, 0) is 19.5 Å². The van der Waals surface area contributed by atoms with E-state index in [0.29, 0.717) is 62.3 Å². The third-order valence-electron chi connectivity index (χ3n) is 12.5. The summed E-state index contributed by atoms with van der Waals surface area (Å²) in [7, 11) is -4.59. The number of nitrogens with zero attached hydrogens (tertiary/aromatic N) is 6. The minimum absolute atomic E-state index is 0.103. The molecule has 18 heteroatoms. The van der Waals surface area contributed by atoms with Gasteiger partial charge in [0.15, 0.2) is 0 Å². The lowest BCUT2D eigenvalue weighted by atomic mass is 9.72. The monoisotopic (exact) mass is 891 g/mol. The predicted molar refractivity (Wildman–Crippen MR) is 244 cm³/mol. The van der Waals surface area contributed by atoms with E-state index in [1.54, 1.807) is 12.3 Å². The number of hydrogen-bond donors (Lipinski definition) is 3. The average molecular weight is 892 g/mol. The number of anilines is 4. The van der Waals surface area contributed by atoms with Gasteiger partial charge in [-0.1, -0.05) is 19.4 Å². The molecule has 9 rings (SSSR count). The van der Waals surface area contributed by atoms with E-state index in [4.69, 9.17) is 19.2 Å². The van der Waals surface area contributed by atoms with Gasteiger partial charge in [0, 0.05) is 81.5 Å². The Kier molecular flexibility index (Phi) is 12.3. The second-order valence-electron chi connectivity index (χ2n) is 17.5. The molecule has 1 amide bonds. The first-order chi connectivity index (χ1) is 30.9. The van der Waals surface area contributed by atoms with E-state index in [9.17, 15) is 23.3 Å². The van der Waals surface area contributed by atoms with Gasteiger partial charge in [-0.2, -0.15) is 4.98 Å². The van der Waals surface area contributed by atoms with Crippen LogP contribution in [0.25, 0.3) is 16.6 Å². The summed E-state index contributed by atoms with van der Waals surface area (Å²) in [6.45, 7) is 11.0. The van der Waals surface area contributed by atoms with Crippen molar-refractivity contribution in [3.05, 3.63) is 106 Å². The van der Waals surface area contributed by atoms with E-state index in [2.05, 4.69) is 55.8 Å². The topological polar surface area (TPSA) is 197 Å². The van der Waals surface area contributed by atoms with Crippen LogP contribution >= 0.6 is 0 Å². The standard InChI is InChI=1S/C46H53N9O8S/c1-46(2)12-8-33(38(27-46)31-9-13-47-14-10-31)29-52-17-19-53(20-18-52)34-4-6-37(40(25-34)54-16-3-21-63-45-42(54)24-32-11-15-48-43(32)50-45)44(56)51-64(59,60)36-5-7-39(41(26-36)55(57)58)49-28-35-30-61-22-23-62-35/h4-7,9-11,13-15,24-26,35,49H,3,8,12,16-23,27-30H2,1-2H3,(H,48,50)(H,51,56)/t35-/m0/s1. The molecule has 2 fully saturated rings. The Hall–Kier alpha value is -6.08. The van der Waals surface area contributed by atoms with Crippen molar-refractivity contribution < 1.29 is 32.3 Å². The van der Waals surface area contributed by atoms with Crippen LogP contribution in [-0.4, -0.2) is 117 Å². The molecule has 3 aromatic heterocycles. The Balaban J connectivity index is 0.988. The zero-order chi connectivity index (χ0) is 44.4. The number of carbonyl (C=O) groups excluding carboxylic acids is 1. The number of piperazine rings is 1. The molecule has 6 heterocycles. The number of aromatic amines is 1. The second kappa shape index (κ2) is 18.2. The van der Waals surface area contributed by atoms with Crippen molar-refractivity contribution in [3.8, 4) is 5.88 Å². The summed E-state index contributed by atoms with van der Waals surface area (Å²) in [6, 6.07) is 17.0. The van der Waals surface area contributed by atoms with Gasteiger partial charge in [0.1, 0.15) is 17.0 Å². The van der Waals surface area contributed by atoms with E-state index in [-0.39, 0.29) is 29.3 Å². The molecule has 5 aromatic rings. The number of allylic oxidation sites excluding steroid dienone is 1. The minimum atomic E-state index is -4.59. The molecule has 1 aliphatic carbocycles. The summed E-state index contributed by atoms with van der Waals surface area (Å²) >= 11 is 0. The van der Waals surface area contributed by atoms with Gasteiger partial charge in [-0.3, -0.25) is 24.8 Å². The summed E-state index contributed by atoms with van der Waals surface area (Å²) in [5.41, 5.74) is 6.81. The van der Waals surface area contributed by atoms with Crippen LogP contribution in [0.4, 0.5) is 28.4 Å². The number of nitrogens with one attached hydrogen (secondary N) is 3. The highest BCUT2D eigenvalue weighted by molar-refractivity contribution is 7.90. The molecule has 3 N–H and O–H groups in total. The van der Waals surface area contributed by atoms with E-state index in [1.807, 2.05) is 41.6 Å². The lowest BCUT2D eigenvalue weighted by Gasteiger charge is -2.39. The van der Waals surface area contributed by atoms with Gasteiger partial charge in [0.2, 0.25) is 5.88 Å². The molecule has 2 saturated heterocycles. The second-order valence-corrected chi connectivity index (χ2v) is 19.2. The maximum Gasteiger partial charge on any atom is 0.293 e. The van der Waals surface area contributed by atoms with Crippen LogP contribution in [0.1, 0.15) is 55.5 Å². The number of pyridine rings is 2. The number of nitro groups is 1. The van der Waals surface area contributed by atoms with Crippen molar-refractivity contribution in [3.63, 3.8) is 0 Å². The number of fused-ring (bicyclic) bond motifs is 2. The Bertz CT molecular complexity index is 2680. The SMILES string of the molecule is CC1(C)CCC(CN2CCN(c3ccc(C(=O)NS(=O)(=O)c4ccc(NC[C@H]5COCCO5)c([N+](=O)[O-])c4)c(N4CCCOc5nc6[nH]ccc6cc54)c3)CC2)=C(c2ccncc2)C1. The fraction of sp³-hybridized carbons (Fsp3) is 0.413. The summed E-state index contributed by atoms with van der Waals surface area (Å²) in [6.07, 6.45) is 9.05. The first-order valence-electron chi connectivity index (χ1n) is 21.8. The number of hydrogen-bond acceptors (Lipinski definition) is 14. The highest BCUT2D eigenvalue weighted by atomic mass is 32.2. The van der Waals surface area contributed by atoms with Gasteiger partial charge in [0.05, 0.1) is 53.6 Å². The summed E-state index contributed by atoms with van der Waals surface area (Å²) in [5, 5.41) is 16.0. The number of aromatic nitrogens is 3. The molecule has 336 valence electrons. The summed E-state index contributed by atoms with van der Waals surface area (Å²) in [4.78, 5) is 44.3. The maximum absolute atomic E-state index is 14.3. The number of ether oxygens (including phenoxy) is 3. The smallest absolute Gasteiger partial charge is 0.293 e. The number of amides is 1. The molecular formula is C46H53N9O8S. The normalized spacial score (nSPS) is 19.4. The number of sulfonamides is 1. The van der Waals surface area contributed by atoms with Crippen molar-refractivity contribution in [1.29, 1.82) is 0 Å². The number of nitro benzene ring substituents is 1. The third kappa shape index (κ3) is 9.40. The Morgan fingerprint density at radius 2 is 1.81 bits per heavy atom. The van der Waals surface area contributed by atoms with Crippen LogP contribution < -0.4 is 24.6 Å². The number of benzene rings is 2. The van der Waals surface area contributed by atoms with E-state index in [1.165, 1.54) is 28.8 Å². The molecule has 0 unspecified atom stereocenters. The molecular weight excluding hydrogens is 839 g/mol. The van der Waals surface area contributed by atoms with E-state index >= 15 is 0 Å². The maximum atomic E-state index is 14.3. The number of rotatable bonds is 12. The quantitative estimate of drug-likeness (QED) is 0.0904. The molecule has 1 atom stereocenters. The largest absolute Gasteiger partial charge is 0.476 e. The van der Waals surface area contributed by atoms with Crippen molar-refractivity contribution in [2.45, 2.75) is 50.5 Å². The van der Waals surface area contributed by atoms with Gasteiger partial charge in [-0.25, -0.2) is 13.1 Å². The van der Waals surface area contributed by atoms with Crippen LogP contribution in [0.15, 0.2) is 89.7 Å². The highest BCUT2D eigenvalue weighted by Crippen LogP contribution is 2.44. The minimum Gasteiger partial charge on any atom is -0.476 e. The van der Waals surface area contributed by atoms with Crippen molar-refractivity contribution in [2.24, 2.45) is 5.41 Å². The van der Waals surface area contributed by atoms with Crippen molar-refractivity contribution in [2.75, 3.05) is 87.4 Å². The third-order valence-corrected chi connectivity index (χ3v) is 13.9. The van der Waals surface area contributed by atoms with Crippen LogP contribution in [0.3, 0.4) is 0 Å². The van der Waals surface area contributed by atoms with Gasteiger partial charge >= 0.3 is 0 Å². The Morgan fingerprint density at radius 3 is 2.59 bits per heavy atom. The molecule has 0 saturated carbocycles. The molecule has 17 nitrogen and oxygen atoms in total. The zero-order valence-electron chi connectivity index (χ0n) is 36.0. The van der Waals surface area contributed by atoms with Crippen LogP contribution in [0.2, 0.25) is 0 Å². The zero-order valence-corrected chi connectivity index (χ0v) is 36.9. The van der Waals surface area contributed by atoms with E-state index in [0.717, 1.165) is 69.1 Å². The molecule has 3 aliphatic heterocycles. The molecule has 64 heavy (non-hydrogen) atoms.